The molecule has 0 saturated heterocycles. The number of fused-ring (bicyclic) bond motifs is 3. The van der Waals surface area contributed by atoms with Gasteiger partial charge in [0.05, 0.1) is 11.4 Å². The average molecular weight is 229 g/mol. The van der Waals surface area contributed by atoms with Gasteiger partial charge >= 0.3 is 0 Å². The van der Waals surface area contributed by atoms with Crippen molar-refractivity contribution in [3.8, 4) is 11.4 Å². The van der Waals surface area contributed by atoms with Gasteiger partial charge in [0, 0.05) is 18.8 Å². The molecule has 1 amide bonds. The van der Waals surface area contributed by atoms with E-state index >= 15 is 0 Å². The van der Waals surface area contributed by atoms with Gasteiger partial charge in [-0.3, -0.25) is 9.48 Å². The van der Waals surface area contributed by atoms with Gasteiger partial charge in [0.25, 0.3) is 5.91 Å². The normalized spacial score (nSPS) is 13.0. The highest BCUT2D eigenvalue weighted by molar-refractivity contribution is 5.94. The molecule has 2 heterocycles. The Kier molecular flexibility index (Phi) is 1.98. The van der Waals surface area contributed by atoms with E-state index in [1.54, 1.807) is 11.7 Å². The Morgan fingerprint density at radius 3 is 3.06 bits per heavy atom. The molecule has 0 saturated carbocycles. The zero-order valence-corrected chi connectivity index (χ0v) is 9.34. The Labute approximate surface area is 97.5 Å². The third-order valence-electron chi connectivity index (χ3n) is 3.04. The molecule has 2 N–H and O–H groups in total. The number of hydrogen-bond donors (Lipinski definition) is 1. The molecule has 0 aliphatic heterocycles. The van der Waals surface area contributed by atoms with Crippen molar-refractivity contribution in [1.29, 1.82) is 0 Å². The fraction of sp³-hybridized carbons (Fsp3) is 0.273. The van der Waals surface area contributed by atoms with Crippen molar-refractivity contribution in [2.45, 2.75) is 12.8 Å². The van der Waals surface area contributed by atoms with Crippen LogP contribution in [0.4, 0.5) is 0 Å². The third kappa shape index (κ3) is 1.33. The summed E-state index contributed by atoms with van der Waals surface area (Å²) in [6.07, 6.45) is 4.88. The molecule has 0 atom stereocenters. The molecule has 6 heteroatoms. The fourth-order valence-corrected chi connectivity index (χ4v) is 2.31. The average Bonchev–Trinajstić information content (AvgIpc) is 2.67. The number of nitrogens with zero attached hydrogens (tertiary/aromatic N) is 4. The van der Waals surface area contributed by atoms with Crippen LogP contribution < -0.4 is 5.73 Å². The minimum absolute atomic E-state index is 0.353. The molecule has 0 spiro atoms. The van der Waals surface area contributed by atoms with Crippen LogP contribution in [0, 0.1) is 0 Å². The van der Waals surface area contributed by atoms with Gasteiger partial charge in [-0.25, -0.2) is 9.97 Å². The lowest BCUT2D eigenvalue weighted by atomic mass is 9.93. The molecule has 0 bridgehead atoms. The monoisotopic (exact) mass is 229 g/mol. The summed E-state index contributed by atoms with van der Waals surface area (Å²) < 4.78 is 1.67. The standard InChI is InChI=1S/C11H11N5O/c1-16-10-7(9(15-16)11(12)17)3-2-6-4-13-5-14-8(6)10/h4-5H,2-3H2,1H3,(H2,12,17). The summed E-state index contributed by atoms with van der Waals surface area (Å²) >= 11 is 0. The van der Waals surface area contributed by atoms with Gasteiger partial charge in [0.15, 0.2) is 5.69 Å². The highest BCUT2D eigenvalue weighted by Gasteiger charge is 2.26. The molecule has 3 rings (SSSR count). The van der Waals surface area contributed by atoms with E-state index in [0.717, 1.165) is 35.4 Å². The molecular weight excluding hydrogens is 218 g/mol. The van der Waals surface area contributed by atoms with Crippen molar-refractivity contribution >= 4 is 5.91 Å². The molecule has 0 fully saturated rings. The summed E-state index contributed by atoms with van der Waals surface area (Å²) in [5, 5.41) is 4.17. The molecule has 1 aliphatic carbocycles. The number of nitrogens with two attached hydrogens (primary N) is 1. The number of carbonyl (C=O) groups is 1. The Bertz CT molecular complexity index is 616. The first-order valence-electron chi connectivity index (χ1n) is 5.33. The molecule has 2 aromatic rings. The van der Waals surface area contributed by atoms with Gasteiger partial charge in [-0.15, -0.1) is 0 Å². The molecule has 1 aliphatic rings. The largest absolute Gasteiger partial charge is 0.364 e. The summed E-state index contributed by atoms with van der Waals surface area (Å²) in [4.78, 5) is 19.6. The van der Waals surface area contributed by atoms with Gasteiger partial charge in [0.2, 0.25) is 0 Å². The predicted molar refractivity (Wildman–Crippen MR) is 60.2 cm³/mol. The predicted octanol–water partition coefficient (Wildman–Crippen LogP) is 0.0746. The van der Waals surface area contributed by atoms with Gasteiger partial charge in [-0.1, -0.05) is 0 Å². The van der Waals surface area contributed by atoms with Crippen LogP contribution in [0.5, 0.6) is 0 Å². The van der Waals surface area contributed by atoms with Crippen molar-refractivity contribution in [1.82, 2.24) is 19.7 Å². The van der Waals surface area contributed by atoms with E-state index in [1.807, 2.05) is 6.20 Å². The topological polar surface area (TPSA) is 86.7 Å². The fourth-order valence-electron chi connectivity index (χ4n) is 2.31. The Morgan fingerprint density at radius 2 is 2.29 bits per heavy atom. The molecule has 6 nitrogen and oxygen atoms in total. The van der Waals surface area contributed by atoms with E-state index in [9.17, 15) is 4.79 Å². The second kappa shape index (κ2) is 3.38. The van der Waals surface area contributed by atoms with E-state index in [4.69, 9.17) is 5.73 Å². The first-order valence-corrected chi connectivity index (χ1v) is 5.33. The second-order valence-electron chi connectivity index (χ2n) is 4.06. The lowest BCUT2D eigenvalue weighted by molar-refractivity contribution is 0.0994. The van der Waals surface area contributed by atoms with Crippen LogP contribution in [-0.2, 0) is 19.9 Å². The molecular formula is C11H11N5O. The van der Waals surface area contributed by atoms with E-state index in [2.05, 4.69) is 15.1 Å². The lowest BCUT2D eigenvalue weighted by Crippen LogP contribution is -2.15. The summed E-state index contributed by atoms with van der Waals surface area (Å²) in [6.45, 7) is 0. The number of hydrogen-bond acceptors (Lipinski definition) is 4. The molecule has 0 unspecified atom stereocenters. The van der Waals surface area contributed by atoms with E-state index in [-0.39, 0.29) is 0 Å². The van der Waals surface area contributed by atoms with Crippen LogP contribution in [0.2, 0.25) is 0 Å². The van der Waals surface area contributed by atoms with E-state index < -0.39 is 5.91 Å². The quantitative estimate of drug-likeness (QED) is 0.749. The Hall–Kier alpha value is -2.24. The zero-order chi connectivity index (χ0) is 12.0. The van der Waals surface area contributed by atoms with Crippen molar-refractivity contribution in [2.75, 3.05) is 0 Å². The van der Waals surface area contributed by atoms with Gasteiger partial charge < -0.3 is 5.73 Å². The van der Waals surface area contributed by atoms with Gasteiger partial charge in [-0.2, -0.15) is 5.10 Å². The van der Waals surface area contributed by atoms with Crippen molar-refractivity contribution in [3.05, 3.63) is 29.3 Å². The van der Waals surface area contributed by atoms with Crippen molar-refractivity contribution < 1.29 is 4.79 Å². The maximum Gasteiger partial charge on any atom is 0.269 e. The summed E-state index contributed by atoms with van der Waals surface area (Å²) in [6, 6.07) is 0. The zero-order valence-electron chi connectivity index (χ0n) is 9.34. The van der Waals surface area contributed by atoms with Crippen LogP contribution in [0.15, 0.2) is 12.5 Å². The summed E-state index contributed by atoms with van der Waals surface area (Å²) in [5.41, 5.74) is 9.38. The van der Waals surface area contributed by atoms with E-state index in [1.165, 1.54) is 6.33 Å². The number of aryl methyl sites for hydroxylation is 2. The Morgan fingerprint density at radius 1 is 1.47 bits per heavy atom. The third-order valence-corrected chi connectivity index (χ3v) is 3.04. The minimum Gasteiger partial charge on any atom is -0.364 e. The Balaban J connectivity index is 2.30. The number of carbonyl (C=O) groups excluding carboxylic acids is 1. The highest BCUT2D eigenvalue weighted by Crippen LogP contribution is 2.32. The van der Waals surface area contributed by atoms with Crippen LogP contribution in [0.3, 0.4) is 0 Å². The molecule has 0 aromatic carbocycles. The number of primary amides is 1. The first-order chi connectivity index (χ1) is 8.18. The van der Waals surface area contributed by atoms with Crippen molar-refractivity contribution in [2.24, 2.45) is 12.8 Å². The van der Waals surface area contributed by atoms with Crippen LogP contribution in [-0.4, -0.2) is 25.7 Å². The molecule has 86 valence electrons. The van der Waals surface area contributed by atoms with Crippen LogP contribution >= 0.6 is 0 Å². The SMILES string of the molecule is Cn1nc(C(N)=O)c2c1-c1ncncc1CC2. The second-order valence-corrected chi connectivity index (χ2v) is 4.06. The smallest absolute Gasteiger partial charge is 0.269 e. The van der Waals surface area contributed by atoms with Crippen molar-refractivity contribution in [3.63, 3.8) is 0 Å². The number of rotatable bonds is 1. The minimum atomic E-state index is -0.487. The van der Waals surface area contributed by atoms with Gasteiger partial charge in [0.1, 0.15) is 6.33 Å². The van der Waals surface area contributed by atoms with Crippen LogP contribution in [0.1, 0.15) is 21.6 Å². The number of amides is 1. The highest BCUT2D eigenvalue weighted by atomic mass is 16.1. The summed E-state index contributed by atoms with van der Waals surface area (Å²) in [7, 11) is 1.79. The lowest BCUT2D eigenvalue weighted by Gasteiger charge is -2.15. The van der Waals surface area contributed by atoms with Gasteiger partial charge in [-0.05, 0) is 18.4 Å². The molecule has 2 aromatic heterocycles. The molecule has 0 radical (unpaired) electrons. The maximum absolute atomic E-state index is 11.3. The maximum atomic E-state index is 11.3. The van der Waals surface area contributed by atoms with Crippen LogP contribution in [0.25, 0.3) is 11.4 Å². The number of aromatic nitrogens is 4. The first kappa shape index (κ1) is 9.95. The summed E-state index contributed by atoms with van der Waals surface area (Å²) in [5.74, 6) is -0.487. The van der Waals surface area contributed by atoms with E-state index in [0.29, 0.717) is 5.69 Å². The molecule has 17 heavy (non-hydrogen) atoms.